The minimum Gasteiger partial charge on any atom is -0.427 e. The number of ether oxygens (including phenoxy) is 4. The Morgan fingerprint density at radius 2 is 1.66 bits per heavy atom. The zero-order valence-electron chi connectivity index (χ0n) is 27.2. The van der Waals surface area contributed by atoms with Gasteiger partial charge in [0.05, 0.1) is 29.6 Å². The van der Waals surface area contributed by atoms with Gasteiger partial charge in [-0.05, 0) is 76.9 Å². The Hall–Kier alpha value is -4.01. The second-order valence-corrected chi connectivity index (χ2v) is 14.6. The van der Waals surface area contributed by atoms with Crippen LogP contribution in [0.3, 0.4) is 0 Å². The molecular weight excluding hydrogens is 630 g/mol. The van der Waals surface area contributed by atoms with Crippen LogP contribution in [-0.4, -0.2) is 99.8 Å². The number of nitrogens with one attached hydrogen (secondary N) is 1. The second-order valence-electron chi connectivity index (χ2n) is 12.6. The molecule has 2 amide bonds. The highest BCUT2D eigenvalue weighted by atomic mass is 32.2. The highest BCUT2D eigenvalue weighted by Gasteiger charge is 2.39. The Kier molecular flexibility index (Phi) is 12.0. The number of carbonyl (C=O) groups is 4. The largest absolute Gasteiger partial charge is 0.427 e. The topological polar surface area (TPSA) is 158 Å². The number of morpholine rings is 1. The summed E-state index contributed by atoms with van der Waals surface area (Å²) in [6.07, 6.45) is 0.520. The van der Waals surface area contributed by atoms with Crippen molar-refractivity contribution >= 4 is 33.8 Å². The van der Waals surface area contributed by atoms with E-state index in [1.165, 1.54) is 17.0 Å². The van der Waals surface area contributed by atoms with Crippen LogP contribution in [0, 0.1) is 12.3 Å². The molecular formula is C33H43N3O10S. The molecule has 2 saturated heterocycles. The van der Waals surface area contributed by atoms with Crippen LogP contribution in [0.4, 0.5) is 4.79 Å². The van der Waals surface area contributed by atoms with Crippen LogP contribution in [0.25, 0.3) is 0 Å². The minimum absolute atomic E-state index is 0.00191. The normalized spacial score (nSPS) is 17.4. The van der Waals surface area contributed by atoms with Gasteiger partial charge in [0.25, 0.3) is 0 Å². The summed E-state index contributed by atoms with van der Waals surface area (Å²) in [6, 6.07) is 10.5. The fourth-order valence-electron chi connectivity index (χ4n) is 5.01. The first kappa shape index (κ1) is 35.8. The molecule has 0 bridgehead atoms. The second kappa shape index (κ2) is 15.7. The number of amides is 2. The molecule has 13 nitrogen and oxygen atoms in total. The minimum atomic E-state index is -4.09. The number of nitrogens with zero attached hydrogens (tertiary/aromatic N) is 2. The van der Waals surface area contributed by atoms with Crippen molar-refractivity contribution in [3.8, 4) is 5.75 Å². The third-order valence-electron chi connectivity index (χ3n) is 7.81. The first-order valence-corrected chi connectivity index (χ1v) is 17.2. The van der Waals surface area contributed by atoms with Gasteiger partial charge in [0, 0.05) is 19.5 Å². The number of aryl methyl sites for hydroxylation is 1. The number of hydrogen-bond donors (Lipinski definition) is 1. The Morgan fingerprint density at radius 3 is 2.26 bits per heavy atom. The summed E-state index contributed by atoms with van der Waals surface area (Å²) < 4.78 is 48.5. The lowest BCUT2D eigenvalue weighted by molar-refractivity contribution is -0.177. The first-order valence-electron chi connectivity index (χ1n) is 15.6. The van der Waals surface area contributed by atoms with E-state index in [9.17, 15) is 27.6 Å². The zero-order chi connectivity index (χ0) is 34.2. The Bertz CT molecular complexity index is 1510. The van der Waals surface area contributed by atoms with Crippen LogP contribution < -0.4 is 10.1 Å². The molecule has 2 aromatic carbocycles. The highest BCUT2D eigenvalue weighted by molar-refractivity contribution is 7.91. The van der Waals surface area contributed by atoms with Gasteiger partial charge in [0.2, 0.25) is 12.7 Å². The molecule has 2 atom stereocenters. The third-order valence-corrected chi connectivity index (χ3v) is 9.42. The Labute approximate surface area is 275 Å². The molecule has 2 aliphatic rings. The molecule has 256 valence electrons. The lowest BCUT2D eigenvalue weighted by Gasteiger charge is -2.32. The average molecular weight is 674 g/mol. The van der Waals surface area contributed by atoms with Crippen molar-refractivity contribution in [2.24, 2.45) is 5.41 Å². The first-order chi connectivity index (χ1) is 22.2. The molecule has 4 rings (SSSR count). The molecule has 1 N–H and O–H groups in total. The van der Waals surface area contributed by atoms with Crippen LogP contribution >= 0.6 is 0 Å². The quantitative estimate of drug-likeness (QED) is 0.276. The number of rotatable bonds is 11. The van der Waals surface area contributed by atoms with E-state index in [2.05, 4.69) is 5.32 Å². The van der Waals surface area contributed by atoms with Gasteiger partial charge in [-0.1, -0.05) is 29.8 Å². The van der Waals surface area contributed by atoms with Crippen LogP contribution in [0.1, 0.15) is 44.7 Å². The van der Waals surface area contributed by atoms with E-state index < -0.39 is 63.9 Å². The monoisotopic (exact) mass is 673 g/mol. The molecule has 2 heterocycles. The molecule has 2 aromatic rings. The standard InChI is InChI=1S/C33H43N3O10S/c1-23-7-13-26(14-8-23)47(41,42)21-36(29(37)27-6-5-15-34-27)28(30(38)44-22-45-31(39)33(2,3)4)20-24-9-11-25(12-10-24)46-32(40)35-16-18-43-19-17-35/h7-14,27-28,34H,5-6,15-22H2,1-4H3/t27-,28-/m0/s1. The molecule has 0 radical (unpaired) electrons. The van der Waals surface area contributed by atoms with E-state index in [0.29, 0.717) is 51.3 Å². The van der Waals surface area contributed by atoms with Gasteiger partial charge in [-0.15, -0.1) is 0 Å². The van der Waals surface area contributed by atoms with E-state index in [1.807, 2.05) is 6.92 Å². The molecule has 0 unspecified atom stereocenters. The van der Waals surface area contributed by atoms with Crippen molar-refractivity contribution < 1.29 is 46.5 Å². The van der Waals surface area contributed by atoms with Crippen molar-refractivity contribution in [2.75, 3.05) is 45.5 Å². The van der Waals surface area contributed by atoms with Crippen LogP contribution in [-0.2, 0) is 44.9 Å². The van der Waals surface area contributed by atoms with E-state index in [-0.39, 0.29) is 17.1 Å². The lowest BCUT2D eigenvalue weighted by Crippen LogP contribution is -2.54. The molecule has 0 aliphatic carbocycles. The van der Waals surface area contributed by atoms with Crippen molar-refractivity contribution in [3.63, 3.8) is 0 Å². The molecule has 14 heteroatoms. The summed E-state index contributed by atoms with van der Waals surface area (Å²) in [6.45, 7) is 8.29. The van der Waals surface area contributed by atoms with Crippen molar-refractivity contribution in [3.05, 3.63) is 59.7 Å². The maximum atomic E-state index is 13.9. The fourth-order valence-corrected chi connectivity index (χ4v) is 6.38. The maximum Gasteiger partial charge on any atom is 0.415 e. The fraction of sp³-hybridized carbons (Fsp3) is 0.515. The average Bonchev–Trinajstić information content (AvgIpc) is 3.58. The van der Waals surface area contributed by atoms with E-state index >= 15 is 0 Å². The van der Waals surface area contributed by atoms with Crippen LogP contribution in [0.15, 0.2) is 53.4 Å². The van der Waals surface area contributed by atoms with Crippen molar-refractivity contribution in [1.82, 2.24) is 15.1 Å². The van der Waals surface area contributed by atoms with Gasteiger partial charge < -0.3 is 34.1 Å². The molecule has 0 saturated carbocycles. The molecule has 0 aromatic heterocycles. The summed E-state index contributed by atoms with van der Waals surface area (Å²) in [4.78, 5) is 55.0. The van der Waals surface area contributed by atoms with Gasteiger partial charge in [0.15, 0.2) is 9.84 Å². The van der Waals surface area contributed by atoms with Crippen LogP contribution in [0.2, 0.25) is 0 Å². The smallest absolute Gasteiger partial charge is 0.415 e. The van der Waals surface area contributed by atoms with Gasteiger partial charge in [-0.25, -0.2) is 18.0 Å². The van der Waals surface area contributed by atoms with Gasteiger partial charge >= 0.3 is 18.0 Å². The van der Waals surface area contributed by atoms with Crippen LogP contribution in [0.5, 0.6) is 5.75 Å². The predicted octanol–water partition coefficient (Wildman–Crippen LogP) is 2.84. The van der Waals surface area contributed by atoms with E-state index in [0.717, 1.165) is 10.5 Å². The van der Waals surface area contributed by atoms with Gasteiger partial charge in [0.1, 0.15) is 17.7 Å². The summed E-state index contributed by atoms with van der Waals surface area (Å²) >= 11 is 0. The number of hydrogen-bond acceptors (Lipinski definition) is 11. The Morgan fingerprint density at radius 1 is 1.00 bits per heavy atom. The number of carbonyl (C=O) groups excluding carboxylic acids is 4. The molecule has 47 heavy (non-hydrogen) atoms. The predicted molar refractivity (Wildman–Crippen MR) is 170 cm³/mol. The Balaban J connectivity index is 1.61. The van der Waals surface area contributed by atoms with E-state index in [1.54, 1.807) is 57.2 Å². The third kappa shape index (κ3) is 9.99. The van der Waals surface area contributed by atoms with E-state index in [4.69, 9.17) is 18.9 Å². The van der Waals surface area contributed by atoms with Crippen molar-refractivity contribution in [2.45, 2.75) is 63.9 Å². The lowest BCUT2D eigenvalue weighted by atomic mass is 9.98. The number of sulfone groups is 1. The highest BCUT2D eigenvalue weighted by Crippen LogP contribution is 2.23. The summed E-state index contributed by atoms with van der Waals surface area (Å²) in [7, 11) is -4.09. The summed E-state index contributed by atoms with van der Waals surface area (Å²) in [5.74, 6) is -2.63. The summed E-state index contributed by atoms with van der Waals surface area (Å²) in [5.41, 5.74) is 0.545. The van der Waals surface area contributed by atoms with Gasteiger partial charge in [-0.3, -0.25) is 9.59 Å². The SMILES string of the molecule is Cc1ccc(S(=O)(=O)CN(C(=O)[C@@H]2CCCN2)[C@@H](Cc2ccc(OC(=O)N3CCOCC3)cc2)C(=O)OCOC(=O)C(C)(C)C)cc1. The maximum absolute atomic E-state index is 13.9. The number of benzene rings is 2. The molecule has 2 fully saturated rings. The zero-order valence-corrected chi connectivity index (χ0v) is 28.0. The molecule has 2 aliphatic heterocycles. The summed E-state index contributed by atoms with van der Waals surface area (Å²) in [5, 5.41) is 3.09. The van der Waals surface area contributed by atoms with Gasteiger partial charge in [-0.2, -0.15) is 0 Å². The molecule has 0 spiro atoms. The van der Waals surface area contributed by atoms with Crippen molar-refractivity contribution in [1.29, 1.82) is 0 Å². The number of esters is 2.